The van der Waals surface area contributed by atoms with Gasteiger partial charge in [0.15, 0.2) is 18.3 Å². The summed E-state index contributed by atoms with van der Waals surface area (Å²) in [6.07, 6.45) is -8.31. The van der Waals surface area contributed by atoms with Crippen molar-refractivity contribution in [3.05, 3.63) is 0 Å². The molecule has 14 heteroatoms. The molecule has 146 valence electrons. The Balaban J connectivity index is -0.000000300. The van der Waals surface area contributed by atoms with Crippen molar-refractivity contribution in [2.45, 2.75) is 37.8 Å². The summed E-state index contributed by atoms with van der Waals surface area (Å²) in [5, 5.41) is 72.4. The molecular formula is C11H18O14. The molecule has 0 aliphatic rings. The molecular weight excluding hydrogens is 356 g/mol. The van der Waals surface area contributed by atoms with Gasteiger partial charge < -0.3 is 46.0 Å². The molecule has 0 spiro atoms. The SMILES string of the molecule is C[C@H](O)C(=O)O.O=C(O)C[C@H](O)C(=O)O.O=C(O)[C@H](O)[C@@H](O)C(=O)O. The van der Waals surface area contributed by atoms with Gasteiger partial charge in [-0.2, -0.15) is 0 Å². The fourth-order valence-corrected chi connectivity index (χ4v) is 0.523. The highest BCUT2D eigenvalue weighted by atomic mass is 16.4. The lowest BCUT2D eigenvalue weighted by Gasteiger charge is -2.07. The van der Waals surface area contributed by atoms with Gasteiger partial charge in [-0.25, -0.2) is 19.2 Å². The third kappa shape index (κ3) is 17.4. The highest BCUT2D eigenvalue weighted by Crippen LogP contribution is 1.92. The number of aliphatic carboxylic acids is 5. The lowest BCUT2D eigenvalue weighted by Crippen LogP contribution is -2.39. The van der Waals surface area contributed by atoms with E-state index in [0.717, 1.165) is 0 Å². The minimum atomic E-state index is -2.27. The first-order valence-electron chi connectivity index (χ1n) is 6.00. The molecule has 0 radical (unpaired) electrons. The highest BCUT2D eigenvalue weighted by Gasteiger charge is 2.29. The van der Waals surface area contributed by atoms with Crippen LogP contribution in [0.5, 0.6) is 0 Å². The second-order valence-electron chi connectivity index (χ2n) is 4.03. The summed E-state index contributed by atoms with van der Waals surface area (Å²) in [7, 11) is 0. The van der Waals surface area contributed by atoms with Crippen LogP contribution in [-0.2, 0) is 24.0 Å². The molecule has 0 aliphatic carbocycles. The molecule has 0 aromatic heterocycles. The predicted molar refractivity (Wildman–Crippen MR) is 72.5 cm³/mol. The molecule has 0 unspecified atom stereocenters. The lowest BCUT2D eigenvalue weighted by atomic mass is 10.2. The van der Waals surface area contributed by atoms with Crippen LogP contribution in [0.15, 0.2) is 0 Å². The highest BCUT2D eigenvalue weighted by molar-refractivity contribution is 5.83. The molecule has 0 aliphatic heterocycles. The van der Waals surface area contributed by atoms with Crippen LogP contribution in [0.4, 0.5) is 0 Å². The van der Waals surface area contributed by atoms with Gasteiger partial charge in [-0.3, -0.25) is 4.79 Å². The van der Waals surface area contributed by atoms with Crippen LogP contribution in [0.25, 0.3) is 0 Å². The second-order valence-corrected chi connectivity index (χ2v) is 4.03. The van der Waals surface area contributed by atoms with Crippen LogP contribution >= 0.6 is 0 Å². The third-order valence-electron chi connectivity index (χ3n) is 1.82. The van der Waals surface area contributed by atoms with Crippen molar-refractivity contribution in [1.82, 2.24) is 0 Å². The minimum Gasteiger partial charge on any atom is -0.481 e. The number of carboxylic acid groups (broad SMARTS) is 5. The first kappa shape index (κ1) is 27.1. The van der Waals surface area contributed by atoms with Crippen molar-refractivity contribution >= 4 is 29.8 Å². The van der Waals surface area contributed by atoms with Gasteiger partial charge in [-0.05, 0) is 6.92 Å². The minimum absolute atomic E-state index is 0.755. The van der Waals surface area contributed by atoms with Gasteiger partial charge in [0, 0.05) is 0 Å². The number of carbonyl (C=O) groups is 5. The molecule has 0 amide bonds. The van der Waals surface area contributed by atoms with Gasteiger partial charge in [0.05, 0.1) is 6.42 Å². The van der Waals surface area contributed by atoms with Crippen molar-refractivity contribution in [3.63, 3.8) is 0 Å². The van der Waals surface area contributed by atoms with Crippen LogP contribution in [-0.4, -0.2) is 100 Å². The molecule has 25 heavy (non-hydrogen) atoms. The summed E-state index contributed by atoms with van der Waals surface area (Å²) < 4.78 is 0. The van der Waals surface area contributed by atoms with Crippen LogP contribution in [0.3, 0.4) is 0 Å². The van der Waals surface area contributed by atoms with E-state index in [2.05, 4.69) is 0 Å². The maximum Gasteiger partial charge on any atom is 0.335 e. The van der Waals surface area contributed by atoms with Gasteiger partial charge in [0.1, 0.15) is 6.10 Å². The Morgan fingerprint density at radius 3 is 1.00 bits per heavy atom. The molecule has 0 aromatic rings. The normalized spacial score (nSPS) is 14.1. The van der Waals surface area contributed by atoms with Crippen molar-refractivity contribution in [2.24, 2.45) is 0 Å². The maximum atomic E-state index is 9.77. The molecule has 4 atom stereocenters. The average molecular weight is 374 g/mol. The Morgan fingerprint density at radius 2 is 0.920 bits per heavy atom. The van der Waals surface area contributed by atoms with E-state index in [1.165, 1.54) is 6.92 Å². The Kier molecular flexibility index (Phi) is 14.7. The van der Waals surface area contributed by atoms with Gasteiger partial charge in [-0.15, -0.1) is 0 Å². The van der Waals surface area contributed by atoms with Gasteiger partial charge in [0.25, 0.3) is 0 Å². The van der Waals surface area contributed by atoms with Crippen molar-refractivity contribution in [3.8, 4) is 0 Å². The van der Waals surface area contributed by atoms with Gasteiger partial charge >= 0.3 is 29.8 Å². The quantitative estimate of drug-likeness (QED) is 0.207. The summed E-state index contributed by atoms with van der Waals surface area (Å²) >= 11 is 0. The zero-order chi connectivity index (χ0) is 20.9. The molecule has 0 heterocycles. The first-order chi connectivity index (χ1) is 11.1. The number of rotatable bonds is 7. The Hall–Kier alpha value is -2.81. The summed E-state index contributed by atoms with van der Waals surface area (Å²) in [4.78, 5) is 48.4. The summed E-state index contributed by atoms with van der Waals surface area (Å²) in [5.41, 5.74) is 0. The monoisotopic (exact) mass is 374 g/mol. The van der Waals surface area contributed by atoms with Crippen molar-refractivity contribution in [2.75, 3.05) is 0 Å². The number of carboxylic acids is 5. The molecule has 0 rings (SSSR count). The van der Waals surface area contributed by atoms with Crippen LogP contribution in [0.2, 0.25) is 0 Å². The third-order valence-corrected chi connectivity index (χ3v) is 1.82. The Morgan fingerprint density at radius 1 is 0.640 bits per heavy atom. The average Bonchev–Trinajstić information content (AvgIpc) is 2.45. The van der Waals surface area contributed by atoms with E-state index in [9.17, 15) is 24.0 Å². The molecule has 0 fully saturated rings. The molecule has 0 saturated carbocycles. The summed E-state index contributed by atoms with van der Waals surface area (Å²) in [6, 6.07) is 0. The molecule has 0 saturated heterocycles. The van der Waals surface area contributed by atoms with E-state index in [1.807, 2.05) is 0 Å². The molecule has 9 N–H and O–H groups in total. The number of aliphatic hydroxyl groups is 4. The number of aliphatic hydroxyl groups excluding tert-OH is 4. The van der Waals surface area contributed by atoms with E-state index in [-0.39, 0.29) is 0 Å². The molecule has 0 aromatic carbocycles. The second kappa shape index (κ2) is 13.6. The summed E-state index contributed by atoms with van der Waals surface area (Å²) in [5.74, 6) is -7.57. The van der Waals surface area contributed by atoms with Gasteiger partial charge in [-0.1, -0.05) is 0 Å². The fourth-order valence-electron chi connectivity index (χ4n) is 0.523. The topological polar surface area (TPSA) is 267 Å². The van der Waals surface area contributed by atoms with Gasteiger partial charge in [0.2, 0.25) is 0 Å². The van der Waals surface area contributed by atoms with Crippen LogP contribution < -0.4 is 0 Å². The van der Waals surface area contributed by atoms with Crippen molar-refractivity contribution in [1.29, 1.82) is 0 Å². The van der Waals surface area contributed by atoms with E-state index in [0.29, 0.717) is 0 Å². The van der Waals surface area contributed by atoms with Crippen LogP contribution in [0, 0.1) is 0 Å². The Labute approximate surface area is 138 Å². The predicted octanol–water partition coefficient (Wildman–Crippen LogP) is -3.76. The van der Waals surface area contributed by atoms with E-state index >= 15 is 0 Å². The van der Waals surface area contributed by atoms with Crippen LogP contribution in [0.1, 0.15) is 13.3 Å². The zero-order valence-corrected chi connectivity index (χ0v) is 12.6. The number of hydrogen-bond donors (Lipinski definition) is 9. The van der Waals surface area contributed by atoms with Crippen molar-refractivity contribution < 1.29 is 69.9 Å². The first-order valence-corrected chi connectivity index (χ1v) is 6.00. The lowest BCUT2D eigenvalue weighted by molar-refractivity contribution is -0.165. The smallest absolute Gasteiger partial charge is 0.335 e. The Bertz CT molecular complexity index is 451. The zero-order valence-electron chi connectivity index (χ0n) is 12.6. The fraction of sp³-hybridized carbons (Fsp3) is 0.545. The van der Waals surface area contributed by atoms with E-state index < -0.39 is 60.7 Å². The summed E-state index contributed by atoms with van der Waals surface area (Å²) in [6.45, 7) is 1.20. The molecule has 14 nitrogen and oxygen atoms in total. The standard InChI is InChI=1S/C4H6O6.C4H6O5.C3H6O3/c5-1(3(7)8)2(6)4(9)10;5-2(4(8)9)1-3(6)7;1-2(4)3(5)6/h1-2,5-6H,(H,7,8)(H,9,10);2,5H,1H2,(H,6,7)(H,8,9);2,4H,1H3,(H,5,6)/t1-,2-;2*2-/m100/s1. The van der Waals surface area contributed by atoms with E-state index in [4.69, 9.17) is 46.0 Å². The van der Waals surface area contributed by atoms with E-state index in [1.54, 1.807) is 0 Å². The molecule has 0 bridgehead atoms. The largest absolute Gasteiger partial charge is 0.481 e. The number of hydrogen-bond acceptors (Lipinski definition) is 9. The maximum absolute atomic E-state index is 9.77.